The number of carbonyl (C=O) groups is 3. The highest BCUT2D eigenvalue weighted by molar-refractivity contribution is 6.02. The van der Waals surface area contributed by atoms with Crippen LogP contribution in [0.15, 0.2) is 72.8 Å². The summed E-state index contributed by atoms with van der Waals surface area (Å²) in [6.07, 6.45) is 1.70. The fourth-order valence-electron chi connectivity index (χ4n) is 5.38. The molecule has 0 saturated carbocycles. The SMILES string of the molecule is C[C@H](CO)N1C[C@H](C)[C@H](CN(C)C(=O)Nc2ccccc2)OCCCC[C@H](C)Oc2ccc(NC(=O)Nc3ccc(F)cc3)cc2C1=O. The molecule has 4 N–H and O–H groups in total. The van der Waals surface area contributed by atoms with Crippen LogP contribution < -0.4 is 20.7 Å². The van der Waals surface area contributed by atoms with E-state index in [1.54, 1.807) is 42.0 Å². The van der Waals surface area contributed by atoms with E-state index < -0.39 is 24.0 Å². The number of nitrogens with one attached hydrogen (secondary N) is 3. The van der Waals surface area contributed by atoms with Crippen molar-refractivity contribution < 1.29 is 33.4 Å². The number of para-hydroxylation sites is 1. The highest BCUT2D eigenvalue weighted by Crippen LogP contribution is 2.29. The van der Waals surface area contributed by atoms with Gasteiger partial charge >= 0.3 is 12.1 Å². The zero-order valence-corrected chi connectivity index (χ0v) is 27.9. The predicted octanol–water partition coefficient (Wildman–Crippen LogP) is 6.43. The smallest absolute Gasteiger partial charge is 0.323 e. The van der Waals surface area contributed by atoms with Gasteiger partial charge in [-0.2, -0.15) is 0 Å². The average Bonchev–Trinajstić information content (AvgIpc) is 3.07. The molecule has 1 aliphatic heterocycles. The Kier molecular flexibility index (Phi) is 13.2. The molecule has 0 spiro atoms. The van der Waals surface area contributed by atoms with Crippen LogP contribution in [0.5, 0.6) is 5.75 Å². The fourth-order valence-corrected chi connectivity index (χ4v) is 5.38. The second-order valence-electron chi connectivity index (χ2n) is 12.3. The second-order valence-corrected chi connectivity index (χ2v) is 12.3. The largest absolute Gasteiger partial charge is 0.490 e. The molecule has 1 heterocycles. The van der Waals surface area contributed by atoms with Gasteiger partial charge in [0.1, 0.15) is 11.6 Å². The summed E-state index contributed by atoms with van der Waals surface area (Å²) in [7, 11) is 1.70. The molecule has 12 heteroatoms. The van der Waals surface area contributed by atoms with Crippen molar-refractivity contribution in [2.75, 3.05) is 49.3 Å². The van der Waals surface area contributed by atoms with Crippen molar-refractivity contribution >= 4 is 35.0 Å². The molecule has 3 aromatic carbocycles. The minimum absolute atomic E-state index is 0.216. The van der Waals surface area contributed by atoms with Crippen LogP contribution in [0.3, 0.4) is 0 Å². The third-order valence-electron chi connectivity index (χ3n) is 8.24. The van der Waals surface area contributed by atoms with Crippen molar-refractivity contribution in [3.8, 4) is 5.75 Å². The lowest BCUT2D eigenvalue weighted by Gasteiger charge is -2.35. The first-order valence-electron chi connectivity index (χ1n) is 16.3. The van der Waals surface area contributed by atoms with E-state index >= 15 is 0 Å². The number of nitrogens with zero attached hydrogens (tertiary/aromatic N) is 2. The summed E-state index contributed by atoms with van der Waals surface area (Å²) in [6.45, 7) is 6.34. The Bertz CT molecular complexity index is 1510. The van der Waals surface area contributed by atoms with Gasteiger partial charge in [0.25, 0.3) is 5.91 Å². The third kappa shape index (κ3) is 10.4. The van der Waals surface area contributed by atoms with Crippen molar-refractivity contribution in [1.29, 1.82) is 0 Å². The van der Waals surface area contributed by atoms with E-state index in [-0.39, 0.29) is 49.2 Å². The maximum Gasteiger partial charge on any atom is 0.323 e. The quantitative estimate of drug-likeness (QED) is 0.230. The average molecular weight is 664 g/mol. The maximum atomic E-state index is 14.3. The summed E-state index contributed by atoms with van der Waals surface area (Å²) in [4.78, 5) is 43.2. The van der Waals surface area contributed by atoms with E-state index in [9.17, 15) is 23.9 Å². The van der Waals surface area contributed by atoms with Gasteiger partial charge in [0.15, 0.2) is 0 Å². The van der Waals surface area contributed by atoms with Gasteiger partial charge in [-0.1, -0.05) is 25.1 Å². The van der Waals surface area contributed by atoms with Gasteiger partial charge in [0.05, 0.1) is 30.4 Å². The van der Waals surface area contributed by atoms with Gasteiger partial charge in [-0.05, 0) is 87.7 Å². The standard InChI is InChI=1S/C36H46FN5O6/c1-24-21-42(25(2)23-43)34(44)31-20-30(39-35(45)38-29-15-13-27(37)14-16-29)17-18-32(31)48-26(3)10-8-9-19-47-33(24)22-41(4)36(46)40-28-11-6-5-7-12-28/h5-7,11-18,20,24-26,33,43H,8-10,19,21-23H2,1-4H3,(H,40,46)(H2,38,39,45)/t24-,25+,26-,33-/m0/s1. The number of anilines is 3. The number of hydrogen-bond donors (Lipinski definition) is 4. The molecule has 48 heavy (non-hydrogen) atoms. The number of halogens is 1. The van der Waals surface area contributed by atoms with E-state index in [4.69, 9.17) is 9.47 Å². The summed E-state index contributed by atoms with van der Waals surface area (Å²) in [5, 5.41) is 18.5. The minimum atomic E-state index is -0.571. The third-order valence-corrected chi connectivity index (χ3v) is 8.24. The number of hydrogen-bond acceptors (Lipinski definition) is 6. The zero-order valence-electron chi connectivity index (χ0n) is 27.9. The number of amides is 5. The van der Waals surface area contributed by atoms with Crippen molar-refractivity contribution in [3.05, 3.63) is 84.2 Å². The molecule has 0 radical (unpaired) electrons. The van der Waals surface area contributed by atoms with Crippen LogP contribution in [0, 0.1) is 11.7 Å². The van der Waals surface area contributed by atoms with Crippen LogP contribution in [0.25, 0.3) is 0 Å². The van der Waals surface area contributed by atoms with E-state index in [0.29, 0.717) is 35.8 Å². The normalized spacial score (nSPS) is 19.6. The van der Waals surface area contributed by atoms with Gasteiger partial charge in [-0.3, -0.25) is 4.79 Å². The van der Waals surface area contributed by atoms with Crippen LogP contribution in [-0.4, -0.2) is 84.5 Å². The Morgan fingerprint density at radius 2 is 1.65 bits per heavy atom. The molecule has 11 nitrogen and oxygen atoms in total. The van der Waals surface area contributed by atoms with Crippen LogP contribution in [0.2, 0.25) is 0 Å². The topological polar surface area (TPSA) is 132 Å². The molecule has 0 aromatic heterocycles. The Hall–Kier alpha value is -4.68. The van der Waals surface area contributed by atoms with E-state index in [0.717, 1.165) is 12.8 Å². The van der Waals surface area contributed by atoms with Gasteiger partial charge in [0.2, 0.25) is 0 Å². The maximum absolute atomic E-state index is 14.3. The van der Waals surface area contributed by atoms with Crippen LogP contribution in [0.1, 0.15) is 50.4 Å². The lowest BCUT2D eigenvalue weighted by Crippen LogP contribution is -2.48. The molecule has 0 bridgehead atoms. The summed E-state index contributed by atoms with van der Waals surface area (Å²) in [6, 6.07) is 18.0. The fraction of sp³-hybridized carbons (Fsp3) is 0.417. The Morgan fingerprint density at radius 1 is 0.979 bits per heavy atom. The van der Waals surface area contributed by atoms with Crippen molar-refractivity contribution in [3.63, 3.8) is 0 Å². The first-order valence-corrected chi connectivity index (χ1v) is 16.3. The summed E-state index contributed by atoms with van der Waals surface area (Å²) >= 11 is 0. The number of urea groups is 2. The number of aliphatic hydroxyl groups excluding tert-OH is 1. The number of fused-ring (bicyclic) bond motifs is 1. The monoisotopic (exact) mass is 663 g/mol. The van der Waals surface area contributed by atoms with Gasteiger partial charge in [-0.25, -0.2) is 14.0 Å². The number of likely N-dealkylation sites (N-methyl/N-ethyl adjacent to an activating group) is 1. The number of benzene rings is 3. The summed E-state index contributed by atoms with van der Waals surface area (Å²) in [5.74, 6) is -0.681. The Morgan fingerprint density at radius 3 is 2.35 bits per heavy atom. The molecule has 3 aromatic rings. The highest BCUT2D eigenvalue weighted by atomic mass is 19.1. The molecule has 0 saturated heterocycles. The van der Waals surface area contributed by atoms with Gasteiger partial charge in [0, 0.05) is 49.7 Å². The molecule has 0 fully saturated rings. The van der Waals surface area contributed by atoms with Crippen LogP contribution in [-0.2, 0) is 4.74 Å². The molecular formula is C36H46FN5O6. The molecule has 4 rings (SSSR count). The van der Waals surface area contributed by atoms with Crippen LogP contribution in [0.4, 0.5) is 31.0 Å². The highest BCUT2D eigenvalue weighted by Gasteiger charge is 2.31. The van der Waals surface area contributed by atoms with E-state index in [1.165, 1.54) is 24.3 Å². The molecule has 258 valence electrons. The predicted molar refractivity (Wildman–Crippen MR) is 184 cm³/mol. The van der Waals surface area contributed by atoms with Crippen molar-refractivity contribution in [2.45, 2.75) is 58.3 Å². The second kappa shape index (κ2) is 17.5. The first kappa shape index (κ1) is 36.2. The summed E-state index contributed by atoms with van der Waals surface area (Å²) < 4.78 is 25.9. The summed E-state index contributed by atoms with van der Waals surface area (Å²) in [5.41, 5.74) is 1.65. The molecule has 4 atom stereocenters. The van der Waals surface area contributed by atoms with Crippen molar-refractivity contribution in [1.82, 2.24) is 9.80 Å². The number of ether oxygens (including phenoxy) is 2. The number of rotatable bonds is 7. The number of aliphatic hydroxyl groups is 1. The van der Waals surface area contributed by atoms with E-state index in [2.05, 4.69) is 16.0 Å². The van der Waals surface area contributed by atoms with Gasteiger partial charge in [-0.15, -0.1) is 0 Å². The van der Waals surface area contributed by atoms with E-state index in [1.807, 2.05) is 44.2 Å². The molecular weight excluding hydrogens is 617 g/mol. The van der Waals surface area contributed by atoms with Crippen LogP contribution >= 0.6 is 0 Å². The lowest BCUT2D eigenvalue weighted by atomic mass is 10.0. The molecule has 5 amide bonds. The lowest BCUT2D eigenvalue weighted by molar-refractivity contribution is -0.0115. The Labute approximate surface area is 281 Å². The molecule has 1 aliphatic rings. The number of carbonyl (C=O) groups excluding carboxylic acids is 3. The molecule has 0 aliphatic carbocycles. The minimum Gasteiger partial charge on any atom is -0.490 e. The molecule has 0 unspecified atom stereocenters. The Balaban J connectivity index is 1.57. The zero-order chi connectivity index (χ0) is 34.6. The van der Waals surface area contributed by atoms with Gasteiger partial charge < -0.3 is 40.3 Å². The first-order chi connectivity index (χ1) is 23.0. The van der Waals surface area contributed by atoms with Crippen molar-refractivity contribution in [2.24, 2.45) is 5.92 Å².